The summed E-state index contributed by atoms with van der Waals surface area (Å²) in [5, 5.41) is 26.7. The second-order valence-corrected chi connectivity index (χ2v) is 8.44. The Hall–Kier alpha value is -2.67. The summed E-state index contributed by atoms with van der Waals surface area (Å²) < 4.78 is 1.09. The van der Waals surface area contributed by atoms with Crippen molar-refractivity contribution in [3.8, 4) is 17.5 Å². The highest BCUT2D eigenvalue weighted by Crippen LogP contribution is 2.34. The van der Waals surface area contributed by atoms with Gasteiger partial charge in [0, 0.05) is 18.7 Å². The van der Waals surface area contributed by atoms with Crippen molar-refractivity contribution >= 4 is 17.5 Å². The molecule has 1 aromatic carbocycles. The van der Waals surface area contributed by atoms with Gasteiger partial charge in [-0.1, -0.05) is 37.3 Å². The number of rotatable bonds is 7. The highest BCUT2D eigenvalue weighted by molar-refractivity contribution is 6.34. The van der Waals surface area contributed by atoms with Gasteiger partial charge in [-0.05, 0) is 31.0 Å². The van der Waals surface area contributed by atoms with E-state index in [4.69, 9.17) is 17.3 Å². The smallest absolute Gasteiger partial charge is 0.343 e. The normalized spacial score (nSPS) is 16.8. The lowest BCUT2D eigenvalue weighted by Gasteiger charge is -2.25. The number of nitriles is 1. The zero-order valence-electron chi connectivity index (χ0n) is 17.2. The van der Waals surface area contributed by atoms with Gasteiger partial charge in [0.1, 0.15) is 0 Å². The standard InChI is InChI=1S/C21H27ClN6O3/c22-17-6-5-14(18-26-20(31)28(27-18)11-15(29)10-23)9-16(17)19(30)25-13-21(12-24)7-3-1-2-4-8-21/h5-6,9,15,29H,1-4,7-8,10-11,13,23H2,(H,25,30)(H,26,27,31). The first kappa shape index (κ1) is 23.0. The molecule has 9 nitrogen and oxygen atoms in total. The lowest BCUT2D eigenvalue weighted by Crippen LogP contribution is -2.36. The van der Waals surface area contributed by atoms with E-state index in [0.29, 0.717) is 5.56 Å². The first-order valence-electron chi connectivity index (χ1n) is 10.4. The van der Waals surface area contributed by atoms with E-state index in [1.807, 2.05) is 0 Å². The summed E-state index contributed by atoms with van der Waals surface area (Å²) in [7, 11) is 0. The molecule has 31 heavy (non-hydrogen) atoms. The Balaban J connectivity index is 1.78. The van der Waals surface area contributed by atoms with E-state index in [9.17, 15) is 20.0 Å². The van der Waals surface area contributed by atoms with Gasteiger partial charge in [0.15, 0.2) is 5.82 Å². The second kappa shape index (κ2) is 10.1. The van der Waals surface area contributed by atoms with Gasteiger partial charge in [-0.2, -0.15) is 5.26 Å². The van der Waals surface area contributed by atoms with E-state index in [-0.39, 0.29) is 42.0 Å². The molecule has 3 rings (SSSR count). The van der Waals surface area contributed by atoms with Gasteiger partial charge < -0.3 is 16.2 Å². The van der Waals surface area contributed by atoms with E-state index < -0.39 is 17.2 Å². The van der Waals surface area contributed by atoms with Crippen LogP contribution in [0.25, 0.3) is 11.4 Å². The van der Waals surface area contributed by atoms with E-state index >= 15 is 0 Å². The number of aromatic nitrogens is 3. The molecule has 1 atom stereocenters. The summed E-state index contributed by atoms with van der Waals surface area (Å²) in [6.45, 7) is 0.235. The van der Waals surface area contributed by atoms with Gasteiger partial charge in [0.05, 0.1) is 34.7 Å². The first-order chi connectivity index (χ1) is 14.9. The third-order valence-electron chi connectivity index (χ3n) is 5.71. The van der Waals surface area contributed by atoms with Crippen molar-refractivity contribution in [2.24, 2.45) is 11.1 Å². The van der Waals surface area contributed by atoms with Gasteiger partial charge >= 0.3 is 5.69 Å². The third-order valence-corrected chi connectivity index (χ3v) is 6.04. The number of benzene rings is 1. The number of carbonyl (C=O) groups is 1. The summed E-state index contributed by atoms with van der Waals surface area (Å²) in [6, 6.07) is 7.16. The van der Waals surface area contributed by atoms with Crippen LogP contribution in [0.3, 0.4) is 0 Å². The maximum absolute atomic E-state index is 12.8. The van der Waals surface area contributed by atoms with E-state index in [1.54, 1.807) is 18.2 Å². The van der Waals surface area contributed by atoms with Crippen LogP contribution >= 0.6 is 11.6 Å². The van der Waals surface area contributed by atoms with Crippen LogP contribution in [0.1, 0.15) is 48.9 Å². The lowest BCUT2D eigenvalue weighted by atomic mass is 9.82. The SMILES string of the molecule is N#CC1(CNC(=O)c2cc(-c3nn(CC(O)CN)c(=O)[nH]3)ccc2Cl)CCCCCC1. The molecule has 166 valence electrons. The monoisotopic (exact) mass is 446 g/mol. The van der Waals surface area contributed by atoms with Crippen LogP contribution in [0.15, 0.2) is 23.0 Å². The topological polar surface area (TPSA) is 150 Å². The Bertz CT molecular complexity index is 1020. The van der Waals surface area contributed by atoms with Gasteiger partial charge in [-0.15, -0.1) is 5.10 Å². The average Bonchev–Trinajstić information content (AvgIpc) is 2.98. The Morgan fingerprint density at radius 3 is 2.74 bits per heavy atom. The predicted molar refractivity (Wildman–Crippen MR) is 116 cm³/mol. The first-order valence-corrected chi connectivity index (χ1v) is 10.8. The van der Waals surface area contributed by atoms with E-state index in [0.717, 1.165) is 43.2 Å². The number of nitrogens with one attached hydrogen (secondary N) is 2. The Labute approximate surface area is 185 Å². The second-order valence-electron chi connectivity index (χ2n) is 8.03. The maximum atomic E-state index is 12.8. The maximum Gasteiger partial charge on any atom is 0.343 e. The van der Waals surface area contributed by atoms with Gasteiger partial charge in [0.25, 0.3) is 5.91 Å². The number of amides is 1. The van der Waals surface area contributed by atoms with Crippen LogP contribution in [0, 0.1) is 16.7 Å². The Morgan fingerprint density at radius 1 is 1.39 bits per heavy atom. The molecular weight excluding hydrogens is 420 g/mol. The number of H-pyrrole nitrogens is 1. The molecule has 10 heteroatoms. The van der Waals surface area contributed by atoms with E-state index in [1.165, 1.54) is 0 Å². The molecule has 2 aromatic rings. The molecule has 1 aromatic heterocycles. The van der Waals surface area contributed by atoms with Crippen LogP contribution in [-0.4, -0.2) is 45.0 Å². The number of aliphatic hydroxyl groups is 1. The Kier molecular flexibility index (Phi) is 7.49. The van der Waals surface area contributed by atoms with Crippen LogP contribution < -0.4 is 16.7 Å². The Morgan fingerprint density at radius 2 is 2.10 bits per heavy atom. The number of hydrogen-bond donors (Lipinski definition) is 4. The number of nitrogens with two attached hydrogens (primary N) is 1. The van der Waals surface area contributed by atoms with Crippen molar-refractivity contribution in [3.05, 3.63) is 39.3 Å². The van der Waals surface area contributed by atoms with E-state index in [2.05, 4.69) is 21.5 Å². The lowest BCUT2D eigenvalue weighted by molar-refractivity contribution is 0.0937. The van der Waals surface area contributed by atoms with Crippen LogP contribution in [-0.2, 0) is 6.54 Å². The molecule has 0 bridgehead atoms. The number of carbonyl (C=O) groups excluding carboxylic acids is 1. The number of halogens is 1. The summed E-state index contributed by atoms with van der Waals surface area (Å²) in [5.74, 6) is -0.136. The molecule has 0 aliphatic heterocycles. The van der Waals surface area contributed by atoms with Gasteiger partial charge in [0.2, 0.25) is 0 Å². The van der Waals surface area contributed by atoms with Gasteiger partial charge in [-0.25, -0.2) is 9.48 Å². The van der Waals surface area contributed by atoms with Crippen molar-refractivity contribution in [2.75, 3.05) is 13.1 Å². The molecule has 1 amide bonds. The third kappa shape index (κ3) is 5.53. The number of hydrogen-bond acceptors (Lipinski definition) is 6. The number of aromatic amines is 1. The summed E-state index contributed by atoms with van der Waals surface area (Å²) in [5.41, 5.74) is 5.07. The quantitative estimate of drug-likeness (QED) is 0.476. The van der Waals surface area contributed by atoms with Crippen LogP contribution in [0.4, 0.5) is 0 Å². The molecular formula is C21H27ClN6O3. The minimum absolute atomic E-state index is 0.00405. The minimum atomic E-state index is -0.892. The average molecular weight is 447 g/mol. The number of aliphatic hydroxyl groups excluding tert-OH is 1. The molecule has 1 fully saturated rings. The zero-order chi connectivity index (χ0) is 22.4. The molecule has 1 unspecified atom stereocenters. The van der Waals surface area contributed by atoms with Crippen molar-refractivity contribution in [3.63, 3.8) is 0 Å². The highest BCUT2D eigenvalue weighted by Gasteiger charge is 2.31. The summed E-state index contributed by atoms with van der Waals surface area (Å²) >= 11 is 6.25. The fourth-order valence-electron chi connectivity index (χ4n) is 3.81. The van der Waals surface area contributed by atoms with Gasteiger partial charge in [-0.3, -0.25) is 9.78 Å². The number of nitrogens with zero attached hydrogens (tertiary/aromatic N) is 3. The van der Waals surface area contributed by atoms with Crippen LogP contribution in [0.2, 0.25) is 5.02 Å². The van der Waals surface area contributed by atoms with Crippen LogP contribution in [0.5, 0.6) is 0 Å². The highest BCUT2D eigenvalue weighted by atomic mass is 35.5. The zero-order valence-corrected chi connectivity index (χ0v) is 18.0. The van der Waals surface area contributed by atoms with Crippen molar-refractivity contribution < 1.29 is 9.90 Å². The molecule has 5 N–H and O–H groups in total. The molecule has 0 radical (unpaired) electrons. The summed E-state index contributed by atoms with van der Waals surface area (Å²) in [6.07, 6.45) is 4.83. The minimum Gasteiger partial charge on any atom is -0.390 e. The fraction of sp³-hybridized carbons (Fsp3) is 0.524. The molecule has 1 heterocycles. The fourth-order valence-corrected chi connectivity index (χ4v) is 4.01. The predicted octanol–water partition coefficient (Wildman–Crippen LogP) is 1.81. The molecule has 0 saturated heterocycles. The summed E-state index contributed by atoms with van der Waals surface area (Å²) in [4.78, 5) is 27.5. The van der Waals surface area contributed by atoms with Crippen molar-refractivity contribution in [1.29, 1.82) is 5.26 Å². The molecule has 1 saturated carbocycles. The molecule has 1 aliphatic rings. The largest absolute Gasteiger partial charge is 0.390 e. The molecule has 0 spiro atoms. The molecule has 1 aliphatic carbocycles. The van der Waals surface area contributed by atoms with Crippen molar-refractivity contribution in [1.82, 2.24) is 20.1 Å². The van der Waals surface area contributed by atoms with Crippen molar-refractivity contribution in [2.45, 2.75) is 51.2 Å².